The van der Waals surface area contributed by atoms with Gasteiger partial charge < -0.3 is 9.84 Å². The van der Waals surface area contributed by atoms with Crippen molar-refractivity contribution in [1.82, 2.24) is 4.98 Å². The van der Waals surface area contributed by atoms with E-state index in [1.54, 1.807) is 30.5 Å². The van der Waals surface area contributed by atoms with E-state index in [0.717, 1.165) is 0 Å². The molecule has 5 heteroatoms. The summed E-state index contributed by atoms with van der Waals surface area (Å²) in [5, 5.41) is 9.43. The molecule has 0 saturated heterocycles. The Hall–Kier alpha value is -2.07. The summed E-state index contributed by atoms with van der Waals surface area (Å²) in [7, 11) is 0. The quantitative estimate of drug-likeness (QED) is 0.932. The first-order chi connectivity index (χ1) is 9.08. The fourth-order valence-corrected chi connectivity index (χ4v) is 1.74. The van der Waals surface area contributed by atoms with Crippen LogP contribution in [0.2, 0.25) is 5.02 Å². The largest absolute Gasteiger partial charge is 0.479 e. The highest BCUT2D eigenvalue weighted by molar-refractivity contribution is 6.30. The van der Waals surface area contributed by atoms with Gasteiger partial charge in [0.15, 0.2) is 6.10 Å². The van der Waals surface area contributed by atoms with Gasteiger partial charge in [0.2, 0.25) is 0 Å². The first-order valence-electron chi connectivity index (χ1n) is 5.68. The number of carboxylic acid groups (broad SMARTS) is 1. The van der Waals surface area contributed by atoms with Crippen LogP contribution in [0.25, 0.3) is 11.3 Å². The van der Waals surface area contributed by atoms with E-state index in [9.17, 15) is 4.79 Å². The van der Waals surface area contributed by atoms with Crippen LogP contribution < -0.4 is 4.74 Å². The molecule has 1 aromatic carbocycles. The number of aliphatic carboxylic acids is 1. The number of carbonyl (C=O) groups is 1. The summed E-state index contributed by atoms with van der Waals surface area (Å²) < 4.78 is 5.42. The third kappa shape index (κ3) is 3.23. The highest BCUT2D eigenvalue weighted by Crippen LogP contribution is 2.31. The molecule has 1 unspecified atom stereocenters. The number of halogens is 1. The molecule has 19 heavy (non-hydrogen) atoms. The first-order valence-corrected chi connectivity index (χ1v) is 6.06. The number of pyridine rings is 1. The third-order valence-corrected chi connectivity index (χ3v) is 2.77. The molecule has 0 fully saturated rings. The van der Waals surface area contributed by atoms with Gasteiger partial charge in [-0.25, -0.2) is 4.79 Å². The summed E-state index contributed by atoms with van der Waals surface area (Å²) in [6, 6.07) is 10.4. The topological polar surface area (TPSA) is 59.4 Å². The maximum absolute atomic E-state index is 10.9. The van der Waals surface area contributed by atoms with Gasteiger partial charge in [0.1, 0.15) is 5.75 Å². The van der Waals surface area contributed by atoms with E-state index >= 15 is 0 Å². The molecule has 0 saturated carbocycles. The lowest BCUT2D eigenvalue weighted by molar-refractivity contribution is -0.144. The molecule has 0 radical (unpaired) electrons. The summed E-state index contributed by atoms with van der Waals surface area (Å²) in [4.78, 5) is 15.1. The van der Waals surface area contributed by atoms with E-state index < -0.39 is 12.1 Å². The van der Waals surface area contributed by atoms with Crippen LogP contribution in [-0.4, -0.2) is 22.2 Å². The van der Waals surface area contributed by atoms with E-state index in [4.69, 9.17) is 21.4 Å². The zero-order chi connectivity index (χ0) is 13.8. The van der Waals surface area contributed by atoms with Crippen molar-refractivity contribution in [2.75, 3.05) is 0 Å². The average Bonchev–Trinajstić information content (AvgIpc) is 2.41. The lowest BCUT2D eigenvalue weighted by atomic mass is 10.1. The molecule has 0 bridgehead atoms. The molecule has 0 amide bonds. The number of nitrogens with zero attached hydrogens (tertiary/aromatic N) is 1. The molecular formula is C14H12ClNO3. The Labute approximate surface area is 115 Å². The Kier molecular flexibility index (Phi) is 4.02. The second kappa shape index (κ2) is 5.71. The number of hydrogen-bond acceptors (Lipinski definition) is 3. The second-order valence-electron chi connectivity index (χ2n) is 3.95. The molecule has 1 N–H and O–H groups in total. The fraction of sp³-hybridized carbons (Fsp3) is 0.143. The van der Waals surface area contributed by atoms with Crippen molar-refractivity contribution in [2.24, 2.45) is 0 Å². The van der Waals surface area contributed by atoms with Crippen LogP contribution in [0.1, 0.15) is 6.92 Å². The second-order valence-corrected chi connectivity index (χ2v) is 4.39. The van der Waals surface area contributed by atoms with E-state index in [-0.39, 0.29) is 0 Å². The van der Waals surface area contributed by atoms with Crippen LogP contribution >= 0.6 is 11.6 Å². The van der Waals surface area contributed by atoms with Crippen LogP contribution in [-0.2, 0) is 4.79 Å². The van der Waals surface area contributed by atoms with Gasteiger partial charge in [-0.1, -0.05) is 17.7 Å². The third-order valence-electron chi connectivity index (χ3n) is 2.53. The Morgan fingerprint density at radius 3 is 2.79 bits per heavy atom. The molecule has 2 aromatic rings. The lowest BCUT2D eigenvalue weighted by Gasteiger charge is -2.14. The van der Waals surface area contributed by atoms with Gasteiger partial charge in [-0.15, -0.1) is 0 Å². The van der Waals surface area contributed by atoms with Crippen molar-refractivity contribution < 1.29 is 14.6 Å². The van der Waals surface area contributed by atoms with Crippen molar-refractivity contribution in [3.05, 3.63) is 47.6 Å². The van der Waals surface area contributed by atoms with Gasteiger partial charge in [0.25, 0.3) is 0 Å². The molecular weight excluding hydrogens is 266 g/mol. The summed E-state index contributed by atoms with van der Waals surface area (Å²) in [5.41, 5.74) is 1.35. The van der Waals surface area contributed by atoms with Gasteiger partial charge in [0.05, 0.1) is 5.69 Å². The maximum atomic E-state index is 10.9. The fourth-order valence-electron chi connectivity index (χ4n) is 1.57. The zero-order valence-electron chi connectivity index (χ0n) is 10.2. The minimum absolute atomic E-state index is 0.443. The predicted octanol–water partition coefficient (Wildman–Crippen LogP) is 3.25. The highest BCUT2D eigenvalue weighted by atomic mass is 35.5. The van der Waals surface area contributed by atoms with Gasteiger partial charge in [-0.3, -0.25) is 4.98 Å². The Morgan fingerprint density at radius 2 is 2.16 bits per heavy atom. The average molecular weight is 278 g/mol. The summed E-state index contributed by atoms with van der Waals surface area (Å²) >= 11 is 5.97. The van der Waals surface area contributed by atoms with Crippen LogP contribution in [0.3, 0.4) is 0 Å². The number of ether oxygens (including phenoxy) is 1. The van der Waals surface area contributed by atoms with Gasteiger partial charge in [-0.2, -0.15) is 0 Å². The van der Waals surface area contributed by atoms with Crippen molar-refractivity contribution in [3.8, 4) is 17.0 Å². The smallest absolute Gasteiger partial charge is 0.344 e. The first kappa shape index (κ1) is 13.4. The predicted molar refractivity (Wildman–Crippen MR) is 72.4 cm³/mol. The molecule has 0 spiro atoms. The van der Waals surface area contributed by atoms with Crippen molar-refractivity contribution in [1.29, 1.82) is 0 Å². The standard InChI is InChI=1S/C14H12ClNO3/c1-9(14(17)18)19-13-6-5-10(15)8-11(13)12-4-2-3-7-16-12/h2-9H,1H3,(H,17,18). The molecule has 0 aliphatic rings. The number of benzene rings is 1. The molecule has 2 rings (SSSR count). The van der Waals surface area contributed by atoms with Gasteiger partial charge >= 0.3 is 5.97 Å². The molecule has 1 heterocycles. The highest BCUT2D eigenvalue weighted by Gasteiger charge is 2.16. The Balaban J connectivity index is 2.42. The minimum atomic E-state index is -1.03. The SMILES string of the molecule is CC(Oc1ccc(Cl)cc1-c1ccccn1)C(=O)O. The van der Waals surface area contributed by atoms with Gasteiger partial charge in [-0.05, 0) is 37.3 Å². The number of carboxylic acids is 1. The molecule has 0 aliphatic carbocycles. The normalized spacial score (nSPS) is 11.9. The Morgan fingerprint density at radius 1 is 1.37 bits per heavy atom. The van der Waals surface area contributed by atoms with Crippen molar-refractivity contribution in [3.63, 3.8) is 0 Å². The minimum Gasteiger partial charge on any atom is -0.479 e. The lowest BCUT2D eigenvalue weighted by Crippen LogP contribution is -2.23. The van der Waals surface area contributed by atoms with E-state index in [1.165, 1.54) is 6.92 Å². The van der Waals surface area contributed by atoms with Crippen LogP contribution in [0, 0.1) is 0 Å². The van der Waals surface area contributed by atoms with E-state index in [0.29, 0.717) is 22.0 Å². The van der Waals surface area contributed by atoms with Crippen LogP contribution in [0.15, 0.2) is 42.6 Å². The molecule has 4 nitrogen and oxygen atoms in total. The molecule has 1 aromatic heterocycles. The number of aromatic nitrogens is 1. The molecule has 98 valence electrons. The van der Waals surface area contributed by atoms with Gasteiger partial charge in [0, 0.05) is 16.8 Å². The number of rotatable bonds is 4. The maximum Gasteiger partial charge on any atom is 0.344 e. The van der Waals surface area contributed by atoms with Crippen molar-refractivity contribution >= 4 is 17.6 Å². The molecule has 0 aliphatic heterocycles. The van der Waals surface area contributed by atoms with E-state index in [2.05, 4.69) is 4.98 Å². The van der Waals surface area contributed by atoms with Crippen molar-refractivity contribution in [2.45, 2.75) is 13.0 Å². The zero-order valence-corrected chi connectivity index (χ0v) is 11.0. The van der Waals surface area contributed by atoms with E-state index in [1.807, 2.05) is 12.1 Å². The summed E-state index contributed by atoms with van der Waals surface area (Å²) in [6.07, 6.45) is 0.712. The van der Waals surface area contributed by atoms with Crippen LogP contribution in [0.4, 0.5) is 0 Å². The summed E-state index contributed by atoms with van der Waals surface area (Å²) in [6.45, 7) is 1.47. The Bertz CT molecular complexity index is 586. The monoisotopic (exact) mass is 277 g/mol. The van der Waals surface area contributed by atoms with Crippen LogP contribution in [0.5, 0.6) is 5.75 Å². The summed E-state index contributed by atoms with van der Waals surface area (Å²) in [5.74, 6) is -0.583. The molecule has 1 atom stereocenters. The number of hydrogen-bond donors (Lipinski definition) is 1.